The molecule has 2 N–H and O–H groups in total. The highest BCUT2D eigenvalue weighted by Gasteiger charge is 2.15. The first-order valence-corrected chi connectivity index (χ1v) is 5.09. The van der Waals surface area contributed by atoms with Gasteiger partial charge in [-0.05, 0) is 13.5 Å². The molecule has 0 aliphatic carbocycles. The molecule has 4 nitrogen and oxygen atoms in total. The topological polar surface area (TPSA) is 50.4 Å². The van der Waals surface area contributed by atoms with Crippen molar-refractivity contribution in [2.24, 2.45) is 5.92 Å². The van der Waals surface area contributed by atoms with Crippen molar-refractivity contribution >= 4 is 18.3 Å². The third-order valence-electron chi connectivity index (χ3n) is 2.16. The average Bonchev–Trinajstić information content (AvgIpc) is 2.17. The quantitative estimate of drug-likeness (QED) is 0.690. The number of methoxy groups -OCH3 is 1. The van der Waals surface area contributed by atoms with Gasteiger partial charge in [0.2, 0.25) is 5.91 Å². The van der Waals surface area contributed by atoms with Gasteiger partial charge in [-0.25, -0.2) is 0 Å². The first-order chi connectivity index (χ1) is 6.65. The van der Waals surface area contributed by atoms with Crippen LogP contribution in [0.25, 0.3) is 0 Å². The lowest BCUT2D eigenvalue weighted by Crippen LogP contribution is -2.42. The van der Waals surface area contributed by atoms with Crippen LogP contribution < -0.4 is 10.6 Å². The smallest absolute Gasteiger partial charge is 0.224 e. The summed E-state index contributed by atoms with van der Waals surface area (Å²) in [5, 5.41) is 5.93. The second-order valence-corrected chi connectivity index (χ2v) is 3.53. The van der Waals surface area contributed by atoms with Crippen LogP contribution in [0.1, 0.15) is 20.3 Å². The van der Waals surface area contributed by atoms with Crippen LogP contribution in [0.5, 0.6) is 0 Å². The van der Waals surface area contributed by atoms with Gasteiger partial charge in [-0.15, -0.1) is 12.4 Å². The molecular formula is C10H23ClN2O2. The van der Waals surface area contributed by atoms with Crippen LogP contribution in [0.3, 0.4) is 0 Å². The van der Waals surface area contributed by atoms with Crippen molar-refractivity contribution in [2.75, 3.05) is 27.3 Å². The molecule has 0 radical (unpaired) electrons. The fourth-order valence-electron chi connectivity index (χ4n) is 1.21. The monoisotopic (exact) mass is 238 g/mol. The number of rotatable bonds is 7. The van der Waals surface area contributed by atoms with E-state index in [1.165, 1.54) is 0 Å². The fraction of sp³-hybridized carbons (Fsp3) is 0.900. The molecular weight excluding hydrogens is 216 g/mol. The van der Waals surface area contributed by atoms with Gasteiger partial charge in [0, 0.05) is 19.6 Å². The molecule has 0 aromatic rings. The standard InChI is InChI=1S/C10H22N2O2.ClH/c1-5-9(7-14-4)12-10(13)8(2)6-11-3;/h8-9,11H,5-7H2,1-4H3,(H,12,13);1H. The van der Waals surface area contributed by atoms with Crippen LogP contribution in [0.4, 0.5) is 0 Å². The number of hydrogen-bond acceptors (Lipinski definition) is 3. The van der Waals surface area contributed by atoms with E-state index in [2.05, 4.69) is 10.6 Å². The molecule has 0 heterocycles. The molecule has 0 aliphatic rings. The zero-order valence-electron chi connectivity index (χ0n) is 10.0. The van der Waals surface area contributed by atoms with E-state index in [0.29, 0.717) is 13.2 Å². The van der Waals surface area contributed by atoms with Crippen molar-refractivity contribution < 1.29 is 9.53 Å². The summed E-state index contributed by atoms with van der Waals surface area (Å²) < 4.78 is 5.01. The zero-order valence-corrected chi connectivity index (χ0v) is 10.8. The van der Waals surface area contributed by atoms with Crippen molar-refractivity contribution in [1.82, 2.24) is 10.6 Å². The predicted molar refractivity (Wildman–Crippen MR) is 64.4 cm³/mol. The van der Waals surface area contributed by atoms with Crippen LogP contribution >= 0.6 is 12.4 Å². The van der Waals surface area contributed by atoms with Crippen LogP contribution in [0.15, 0.2) is 0 Å². The number of hydrogen-bond donors (Lipinski definition) is 2. The maximum atomic E-state index is 11.6. The number of nitrogens with one attached hydrogen (secondary N) is 2. The lowest BCUT2D eigenvalue weighted by atomic mass is 10.1. The van der Waals surface area contributed by atoms with Crippen molar-refractivity contribution in [2.45, 2.75) is 26.3 Å². The molecule has 15 heavy (non-hydrogen) atoms. The van der Waals surface area contributed by atoms with E-state index < -0.39 is 0 Å². The molecule has 0 saturated carbocycles. The van der Waals surface area contributed by atoms with E-state index in [1.54, 1.807) is 7.11 Å². The maximum absolute atomic E-state index is 11.6. The van der Waals surface area contributed by atoms with Gasteiger partial charge in [-0.3, -0.25) is 4.79 Å². The Hall–Kier alpha value is -0.320. The first kappa shape index (κ1) is 17.1. The Morgan fingerprint density at radius 3 is 2.47 bits per heavy atom. The summed E-state index contributed by atoms with van der Waals surface area (Å²) >= 11 is 0. The van der Waals surface area contributed by atoms with Gasteiger partial charge < -0.3 is 15.4 Å². The van der Waals surface area contributed by atoms with E-state index in [0.717, 1.165) is 6.42 Å². The number of carbonyl (C=O) groups excluding carboxylic acids is 1. The van der Waals surface area contributed by atoms with E-state index in [4.69, 9.17) is 4.74 Å². The van der Waals surface area contributed by atoms with Gasteiger partial charge in [0.15, 0.2) is 0 Å². The molecule has 92 valence electrons. The van der Waals surface area contributed by atoms with Gasteiger partial charge in [-0.1, -0.05) is 13.8 Å². The third kappa shape index (κ3) is 7.59. The number of amides is 1. The molecule has 5 heteroatoms. The van der Waals surface area contributed by atoms with Gasteiger partial charge in [0.1, 0.15) is 0 Å². The SMILES string of the molecule is CCC(COC)NC(=O)C(C)CNC.Cl. The van der Waals surface area contributed by atoms with Gasteiger partial charge in [-0.2, -0.15) is 0 Å². The summed E-state index contributed by atoms with van der Waals surface area (Å²) in [6.45, 7) is 5.22. The highest BCUT2D eigenvalue weighted by molar-refractivity contribution is 5.85. The normalized spacial score (nSPS) is 13.9. The Morgan fingerprint density at radius 1 is 1.47 bits per heavy atom. The summed E-state index contributed by atoms with van der Waals surface area (Å²) in [5.41, 5.74) is 0. The zero-order chi connectivity index (χ0) is 11.0. The molecule has 0 saturated heterocycles. The molecule has 0 bridgehead atoms. The summed E-state index contributed by atoms with van der Waals surface area (Å²) in [4.78, 5) is 11.6. The van der Waals surface area contributed by atoms with Crippen molar-refractivity contribution in [1.29, 1.82) is 0 Å². The summed E-state index contributed by atoms with van der Waals surface area (Å²) in [6.07, 6.45) is 0.895. The summed E-state index contributed by atoms with van der Waals surface area (Å²) in [5.74, 6) is 0.0918. The van der Waals surface area contributed by atoms with Crippen molar-refractivity contribution in [3.63, 3.8) is 0 Å². The second-order valence-electron chi connectivity index (χ2n) is 3.53. The van der Waals surface area contributed by atoms with Gasteiger partial charge >= 0.3 is 0 Å². The lowest BCUT2D eigenvalue weighted by Gasteiger charge is -2.18. The highest BCUT2D eigenvalue weighted by Crippen LogP contribution is 1.97. The molecule has 2 unspecified atom stereocenters. The molecule has 0 fully saturated rings. The minimum atomic E-state index is 0. The van der Waals surface area contributed by atoms with Crippen LogP contribution in [-0.4, -0.2) is 39.3 Å². The Labute approximate surface area is 98.6 Å². The summed E-state index contributed by atoms with van der Waals surface area (Å²) in [7, 11) is 3.49. The minimum absolute atomic E-state index is 0. The molecule has 0 spiro atoms. The van der Waals surface area contributed by atoms with Crippen molar-refractivity contribution in [3.05, 3.63) is 0 Å². The molecule has 0 aliphatic heterocycles. The highest BCUT2D eigenvalue weighted by atomic mass is 35.5. The maximum Gasteiger partial charge on any atom is 0.224 e. The van der Waals surface area contributed by atoms with E-state index >= 15 is 0 Å². The Bertz CT molecular complexity index is 168. The van der Waals surface area contributed by atoms with Crippen LogP contribution in [0, 0.1) is 5.92 Å². The second kappa shape index (κ2) is 10.2. The number of ether oxygens (including phenoxy) is 1. The fourth-order valence-corrected chi connectivity index (χ4v) is 1.21. The Kier molecular flexibility index (Phi) is 11.6. The summed E-state index contributed by atoms with van der Waals surface area (Å²) in [6, 6.07) is 0.131. The molecule has 0 rings (SSSR count). The van der Waals surface area contributed by atoms with E-state index in [-0.39, 0.29) is 30.3 Å². The molecule has 2 atom stereocenters. The molecule has 0 aromatic carbocycles. The minimum Gasteiger partial charge on any atom is -0.383 e. The number of halogens is 1. The van der Waals surface area contributed by atoms with Gasteiger partial charge in [0.25, 0.3) is 0 Å². The van der Waals surface area contributed by atoms with E-state index in [1.807, 2.05) is 20.9 Å². The first-order valence-electron chi connectivity index (χ1n) is 5.09. The predicted octanol–water partition coefficient (Wildman–Crippen LogP) is 0.805. The van der Waals surface area contributed by atoms with E-state index in [9.17, 15) is 4.79 Å². The third-order valence-corrected chi connectivity index (χ3v) is 2.16. The Morgan fingerprint density at radius 2 is 2.07 bits per heavy atom. The average molecular weight is 239 g/mol. The number of carbonyl (C=O) groups is 1. The van der Waals surface area contributed by atoms with Crippen LogP contribution in [-0.2, 0) is 9.53 Å². The Balaban J connectivity index is 0. The van der Waals surface area contributed by atoms with Crippen molar-refractivity contribution in [3.8, 4) is 0 Å². The lowest BCUT2D eigenvalue weighted by molar-refractivity contribution is -0.125. The molecule has 1 amide bonds. The van der Waals surface area contributed by atoms with Crippen LogP contribution in [0.2, 0.25) is 0 Å². The van der Waals surface area contributed by atoms with Gasteiger partial charge in [0.05, 0.1) is 12.6 Å². The molecule has 0 aromatic heterocycles. The largest absolute Gasteiger partial charge is 0.383 e.